The van der Waals surface area contributed by atoms with E-state index in [-0.39, 0.29) is 23.4 Å². The third-order valence-electron chi connectivity index (χ3n) is 6.23. The Balaban J connectivity index is 1.53. The predicted octanol–water partition coefficient (Wildman–Crippen LogP) is 2.84. The highest BCUT2D eigenvalue weighted by atomic mass is 16.2. The number of aromatic nitrogens is 1. The van der Waals surface area contributed by atoms with Crippen molar-refractivity contribution in [1.29, 1.82) is 0 Å². The van der Waals surface area contributed by atoms with Crippen LogP contribution in [0.5, 0.6) is 0 Å². The van der Waals surface area contributed by atoms with Crippen molar-refractivity contribution in [3.05, 3.63) is 30.1 Å². The van der Waals surface area contributed by atoms with Crippen molar-refractivity contribution < 1.29 is 9.59 Å². The van der Waals surface area contributed by atoms with Gasteiger partial charge in [-0.05, 0) is 56.1 Å². The summed E-state index contributed by atoms with van der Waals surface area (Å²) in [5.74, 6) is 0.265. The molecular formula is C21H32N4O2. The zero-order valence-corrected chi connectivity index (χ0v) is 16.6. The lowest BCUT2D eigenvalue weighted by Crippen LogP contribution is -2.54. The molecule has 2 aliphatic heterocycles. The smallest absolute Gasteiger partial charge is 0.317 e. The SMILES string of the molecule is CCC(C)NC(=O)N1CCC2(CCC(=O)N(CCc3cccnc3)C2)CC1. The van der Waals surface area contributed by atoms with Gasteiger partial charge in [0.05, 0.1) is 0 Å². The van der Waals surface area contributed by atoms with Crippen LogP contribution in [0.4, 0.5) is 4.79 Å². The average Bonchev–Trinajstić information content (AvgIpc) is 2.70. The summed E-state index contributed by atoms with van der Waals surface area (Å²) in [4.78, 5) is 32.9. The van der Waals surface area contributed by atoms with Crippen LogP contribution < -0.4 is 5.32 Å². The Morgan fingerprint density at radius 2 is 2.11 bits per heavy atom. The van der Waals surface area contributed by atoms with E-state index in [1.54, 1.807) is 6.20 Å². The molecule has 2 saturated heterocycles. The molecule has 0 bridgehead atoms. The standard InChI is InChI=1S/C21H32N4O2/c1-3-17(2)23-20(27)24-13-9-21(10-14-24)8-6-19(26)25(16-21)12-7-18-5-4-11-22-15-18/h4-5,11,15,17H,3,6-10,12-14,16H2,1-2H3,(H,23,27). The van der Waals surface area contributed by atoms with Crippen LogP contribution >= 0.6 is 0 Å². The third-order valence-corrected chi connectivity index (χ3v) is 6.23. The molecule has 1 N–H and O–H groups in total. The number of nitrogens with one attached hydrogen (secondary N) is 1. The highest BCUT2D eigenvalue weighted by Crippen LogP contribution is 2.40. The maximum absolute atomic E-state index is 12.4. The molecule has 1 atom stereocenters. The molecule has 1 spiro atoms. The lowest BCUT2D eigenvalue weighted by molar-refractivity contribution is -0.138. The second kappa shape index (κ2) is 8.72. The summed E-state index contributed by atoms with van der Waals surface area (Å²) in [7, 11) is 0. The van der Waals surface area contributed by atoms with Gasteiger partial charge >= 0.3 is 6.03 Å². The number of carbonyl (C=O) groups excluding carboxylic acids is 2. The van der Waals surface area contributed by atoms with Gasteiger partial charge in [-0.15, -0.1) is 0 Å². The quantitative estimate of drug-likeness (QED) is 0.864. The molecule has 2 aliphatic rings. The fraction of sp³-hybridized carbons (Fsp3) is 0.667. The number of hydrogen-bond donors (Lipinski definition) is 1. The molecule has 0 aromatic carbocycles. The summed E-state index contributed by atoms with van der Waals surface area (Å²) in [5.41, 5.74) is 1.34. The van der Waals surface area contributed by atoms with Gasteiger partial charge in [-0.3, -0.25) is 9.78 Å². The van der Waals surface area contributed by atoms with Crippen LogP contribution in [0.25, 0.3) is 0 Å². The molecule has 0 radical (unpaired) electrons. The van der Waals surface area contributed by atoms with Gasteiger partial charge in [0.2, 0.25) is 5.91 Å². The minimum absolute atomic E-state index is 0.0551. The van der Waals surface area contributed by atoms with Crippen molar-refractivity contribution in [1.82, 2.24) is 20.1 Å². The Bertz CT molecular complexity index is 641. The maximum Gasteiger partial charge on any atom is 0.317 e. The zero-order chi connectivity index (χ0) is 19.3. The number of likely N-dealkylation sites (tertiary alicyclic amines) is 2. The van der Waals surface area contributed by atoms with Gasteiger partial charge < -0.3 is 15.1 Å². The van der Waals surface area contributed by atoms with Crippen LogP contribution in [-0.2, 0) is 11.2 Å². The minimum Gasteiger partial charge on any atom is -0.342 e. The van der Waals surface area contributed by atoms with Crippen LogP contribution in [0.1, 0.15) is 51.5 Å². The molecule has 1 aromatic heterocycles. The Morgan fingerprint density at radius 1 is 1.33 bits per heavy atom. The van der Waals surface area contributed by atoms with Crippen molar-refractivity contribution in [2.45, 2.75) is 58.4 Å². The number of urea groups is 1. The Labute approximate surface area is 162 Å². The van der Waals surface area contributed by atoms with Crippen LogP contribution in [0.3, 0.4) is 0 Å². The maximum atomic E-state index is 12.4. The van der Waals surface area contributed by atoms with Crippen molar-refractivity contribution >= 4 is 11.9 Å². The van der Waals surface area contributed by atoms with Crippen molar-refractivity contribution in [2.24, 2.45) is 5.41 Å². The average molecular weight is 373 g/mol. The molecule has 1 aromatic rings. The molecule has 3 heterocycles. The van der Waals surface area contributed by atoms with Crippen molar-refractivity contribution in [3.63, 3.8) is 0 Å². The lowest BCUT2D eigenvalue weighted by atomic mass is 9.72. The molecule has 6 heteroatoms. The molecule has 3 amide bonds. The topological polar surface area (TPSA) is 65.5 Å². The summed E-state index contributed by atoms with van der Waals surface area (Å²) in [6.45, 7) is 7.27. The first kappa shape index (κ1) is 19.6. The first-order valence-corrected chi connectivity index (χ1v) is 10.2. The lowest BCUT2D eigenvalue weighted by Gasteiger charge is -2.47. The van der Waals surface area contributed by atoms with Crippen molar-refractivity contribution in [2.75, 3.05) is 26.2 Å². The molecule has 3 rings (SSSR count). The van der Waals surface area contributed by atoms with E-state index in [4.69, 9.17) is 0 Å². The molecule has 27 heavy (non-hydrogen) atoms. The van der Waals surface area contributed by atoms with Crippen LogP contribution in [0, 0.1) is 5.41 Å². The fourth-order valence-electron chi connectivity index (χ4n) is 4.11. The summed E-state index contributed by atoms with van der Waals surface area (Å²) < 4.78 is 0. The molecule has 6 nitrogen and oxygen atoms in total. The van der Waals surface area contributed by atoms with Gasteiger partial charge in [-0.25, -0.2) is 4.79 Å². The summed E-state index contributed by atoms with van der Waals surface area (Å²) in [6, 6.07) is 4.27. The number of amides is 3. The summed E-state index contributed by atoms with van der Waals surface area (Å²) in [6.07, 6.45) is 8.99. The Kier molecular flexibility index (Phi) is 6.34. The summed E-state index contributed by atoms with van der Waals surface area (Å²) >= 11 is 0. The van der Waals surface area contributed by atoms with E-state index in [9.17, 15) is 9.59 Å². The summed E-state index contributed by atoms with van der Waals surface area (Å²) in [5, 5.41) is 3.06. The normalized spacial score (nSPS) is 20.6. The second-order valence-electron chi connectivity index (χ2n) is 8.17. The Morgan fingerprint density at radius 3 is 2.78 bits per heavy atom. The van der Waals surface area contributed by atoms with E-state index < -0.39 is 0 Å². The first-order chi connectivity index (χ1) is 13.0. The number of rotatable bonds is 5. The number of hydrogen-bond acceptors (Lipinski definition) is 3. The van der Waals surface area contributed by atoms with Gasteiger partial charge in [0.15, 0.2) is 0 Å². The molecule has 2 fully saturated rings. The monoisotopic (exact) mass is 372 g/mol. The predicted molar refractivity (Wildman–Crippen MR) is 105 cm³/mol. The fourth-order valence-corrected chi connectivity index (χ4v) is 4.11. The van der Waals surface area contributed by atoms with Gasteiger partial charge in [0.1, 0.15) is 0 Å². The van der Waals surface area contributed by atoms with Crippen LogP contribution in [-0.4, -0.2) is 58.9 Å². The van der Waals surface area contributed by atoms with Crippen molar-refractivity contribution in [3.8, 4) is 0 Å². The number of carbonyl (C=O) groups is 2. The van der Waals surface area contributed by atoms with E-state index in [0.29, 0.717) is 6.42 Å². The van der Waals surface area contributed by atoms with Crippen LogP contribution in [0.15, 0.2) is 24.5 Å². The molecular weight excluding hydrogens is 340 g/mol. The number of pyridine rings is 1. The second-order valence-corrected chi connectivity index (χ2v) is 8.17. The van der Waals surface area contributed by atoms with E-state index in [1.807, 2.05) is 29.0 Å². The zero-order valence-electron chi connectivity index (χ0n) is 16.6. The van der Waals surface area contributed by atoms with Gasteiger partial charge in [-0.2, -0.15) is 0 Å². The van der Waals surface area contributed by atoms with E-state index >= 15 is 0 Å². The highest BCUT2D eigenvalue weighted by Gasteiger charge is 2.41. The molecule has 0 aliphatic carbocycles. The Hall–Kier alpha value is -2.11. The van der Waals surface area contributed by atoms with Gasteiger partial charge in [-0.1, -0.05) is 13.0 Å². The van der Waals surface area contributed by atoms with E-state index in [1.165, 1.54) is 5.56 Å². The molecule has 148 valence electrons. The largest absolute Gasteiger partial charge is 0.342 e. The van der Waals surface area contributed by atoms with E-state index in [2.05, 4.69) is 23.3 Å². The first-order valence-electron chi connectivity index (χ1n) is 10.2. The van der Waals surface area contributed by atoms with Crippen LogP contribution in [0.2, 0.25) is 0 Å². The van der Waals surface area contributed by atoms with Gasteiger partial charge in [0.25, 0.3) is 0 Å². The highest BCUT2D eigenvalue weighted by molar-refractivity contribution is 5.77. The van der Waals surface area contributed by atoms with E-state index in [0.717, 1.165) is 58.3 Å². The number of nitrogens with zero attached hydrogens (tertiary/aromatic N) is 3. The molecule has 0 saturated carbocycles. The molecule has 1 unspecified atom stereocenters. The third kappa shape index (κ3) is 4.99. The minimum atomic E-state index is 0.0551. The number of piperidine rings is 2. The van der Waals surface area contributed by atoms with Gasteiger partial charge in [0, 0.05) is 51.0 Å².